The second-order valence-corrected chi connectivity index (χ2v) is 2.47. The Kier molecular flexibility index (Phi) is 2.84. The van der Waals surface area contributed by atoms with Gasteiger partial charge in [0.2, 0.25) is 0 Å². The lowest BCUT2D eigenvalue weighted by atomic mass is 10.3. The summed E-state index contributed by atoms with van der Waals surface area (Å²) in [6, 6.07) is 3.06. The van der Waals surface area contributed by atoms with Gasteiger partial charge in [-0.25, -0.2) is 0 Å². The van der Waals surface area contributed by atoms with Crippen molar-refractivity contribution in [3.63, 3.8) is 0 Å². The number of rotatable bonds is 3. The summed E-state index contributed by atoms with van der Waals surface area (Å²) >= 11 is 0. The topological polar surface area (TPSA) is 56.5 Å². The Hall–Kier alpha value is -1.58. The van der Waals surface area contributed by atoms with E-state index in [2.05, 4.69) is 11.7 Å². The van der Waals surface area contributed by atoms with Crippen molar-refractivity contribution in [2.45, 2.75) is 13.5 Å². The van der Waals surface area contributed by atoms with E-state index in [1.165, 1.54) is 13.0 Å². The third-order valence-corrected chi connectivity index (χ3v) is 1.35. The summed E-state index contributed by atoms with van der Waals surface area (Å²) in [6.07, 6.45) is 0. The molecule has 0 amide bonds. The lowest BCUT2D eigenvalue weighted by Gasteiger charge is -1.96. The van der Waals surface area contributed by atoms with Gasteiger partial charge in [0.05, 0.1) is 0 Å². The van der Waals surface area contributed by atoms with E-state index in [1.54, 1.807) is 6.07 Å². The summed E-state index contributed by atoms with van der Waals surface area (Å²) in [7, 11) is 0. The van der Waals surface area contributed by atoms with Crippen LogP contribution in [0, 0.1) is 6.92 Å². The van der Waals surface area contributed by atoms with Gasteiger partial charge >= 0.3 is 5.97 Å². The van der Waals surface area contributed by atoms with Crippen LogP contribution in [0.5, 0.6) is 0 Å². The van der Waals surface area contributed by atoms with E-state index in [0.717, 1.165) is 0 Å². The average molecular weight is 181 g/mol. The van der Waals surface area contributed by atoms with Gasteiger partial charge < -0.3 is 9.15 Å². The molecule has 0 atom stereocenters. The third-order valence-electron chi connectivity index (χ3n) is 1.35. The predicted octanol–water partition coefficient (Wildman–Crippen LogP) is 1.36. The molecule has 0 unspecified atom stereocenters. The Labute approximate surface area is 75.5 Å². The fraction of sp³-hybridized carbons (Fsp3) is 0.222. The smallest absolute Gasteiger partial charge is 0.303 e. The summed E-state index contributed by atoms with van der Waals surface area (Å²) in [5, 5.41) is 0. The molecule has 0 aliphatic heterocycles. The van der Waals surface area contributed by atoms with Crippen molar-refractivity contribution in [1.82, 2.24) is 0 Å². The molecule has 0 bridgehead atoms. The van der Waals surface area contributed by atoms with E-state index >= 15 is 0 Å². The molecule has 0 aromatic carbocycles. The number of ether oxygens (including phenoxy) is 1. The molecule has 4 nitrogen and oxygen atoms in total. The van der Waals surface area contributed by atoms with Crippen LogP contribution in [0.3, 0.4) is 0 Å². The van der Waals surface area contributed by atoms with Gasteiger partial charge in [-0.15, -0.1) is 0 Å². The number of ketones is 1. The standard InChI is InChI=1S/C9H9O4/c1-6(10)9-4-3-8(13-9)5-12-7(2)11/h3-4H,1,5H2,2H3. The first-order valence-electron chi connectivity index (χ1n) is 3.68. The summed E-state index contributed by atoms with van der Waals surface area (Å²) in [6.45, 7) is 4.52. The van der Waals surface area contributed by atoms with Crippen LogP contribution in [0.4, 0.5) is 0 Å². The van der Waals surface area contributed by atoms with Gasteiger partial charge in [-0.1, -0.05) is 0 Å². The molecular weight excluding hydrogens is 172 g/mol. The van der Waals surface area contributed by atoms with Crippen molar-refractivity contribution >= 4 is 11.8 Å². The monoisotopic (exact) mass is 181 g/mol. The fourth-order valence-corrected chi connectivity index (χ4v) is 0.778. The molecule has 69 valence electrons. The van der Waals surface area contributed by atoms with Crippen molar-refractivity contribution in [1.29, 1.82) is 0 Å². The normalized spacial score (nSPS) is 9.69. The Morgan fingerprint density at radius 3 is 2.69 bits per heavy atom. The average Bonchev–Trinajstić information content (AvgIpc) is 2.48. The van der Waals surface area contributed by atoms with Crippen LogP contribution >= 0.6 is 0 Å². The maximum absolute atomic E-state index is 10.7. The van der Waals surface area contributed by atoms with Gasteiger partial charge in [0.1, 0.15) is 12.4 Å². The summed E-state index contributed by atoms with van der Waals surface area (Å²) in [5.41, 5.74) is 0. The molecule has 13 heavy (non-hydrogen) atoms. The van der Waals surface area contributed by atoms with E-state index in [1.807, 2.05) is 0 Å². The van der Waals surface area contributed by atoms with Crippen molar-refractivity contribution in [3.05, 3.63) is 30.6 Å². The van der Waals surface area contributed by atoms with Gasteiger partial charge in [-0.2, -0.15) is 0 Å². The maximum atomic E-state index is 10.7. The van der Waals surface area contributed by atoms with Crippen LogP contribution in [0.2, 0.25) is 0 Å². The summed E-state index contributed by atoms with van der Waals surface area (Å²) in [5.74, 6) is -0.183. The van der Waals surface area contributed by atoms with E-state index in [4.69, 9.17) is 4.42 Å². The quantitative estimate of drug-likeness (QED) is 0.521. The Bertz CT molecular complexity index is 324. The SMILES string of the molecule is [CH2]C(=O)c1ccc(COC(C)=O)o1. The minimum atomic E-state index is -0.394. The molecule has 0 aliphatic rings. The van der Waals surface area contributed by atoms with E-state index in [0.29, 0.717) is 5.76 Å². The molecule has 0 aliphatic carbocycles. The number of esters is 1. The number of Topliss-reactive ketones (excluding diaryl/α,β-unsaturated/α-hetero) is 1. The highest BCUT2D eigenvalue weighted by molar-refractivity contribution is 5.96. The summed E-state index contributed by atoms with van der Waals surface area (Å²) in [4.78, 5) is 21.1. The van der Waals surface area contributed by atoms with Gasteiger partial charge in [-0.05, 0) is 12.1 Å². The molecule has 0 saturated heterocycles. The minimum Gasteiger partial charge on any atom is -0.458 e. The van der Waals surface area contributed by atoms with Crippen LogP contribution in [0.1, 0.15) is 23.2 Å². The van der Waals surface area contributed by atoms with Gasteiger partial charge in [-0.3, -0.25) is 9.59 Å². The van der Waals surface area contributed by atoms with Gasteiger partial charge in [0.15, 0.2) is 11.5 Å². The first-order valence-corrected chi connectivity index (χ1v) is 3.68. The predicted molar refractivity (Wildman–Crippen MR) is 43.9 cm³/mol. The molecule has 0 fully saturated rings. The fourth-order valence-electron chi connectivity index (χ4n) is 0.778. The van der Waals surface area contributed by atoms with Gasteiger partial charge in [0.25, 0.3) is 0 Å². The molecule has 1 heterocycles. The van der Waals surface area contributed by atoms with E-state index < -0.39 is 5.78 Å². The lowest BCUT2D eigenvalue weighted by Crippen LogP contribution is -1.97. The molecule has 0 N–H and O–H groups in total. The number of furan rings is 1. The van der Waals surface area contributed by atoms with Crippen LogP contribution < -0.4 is 0 Å². The number of carbonyl (C=O) groups is 2. The zero-order valence-electron chi connectivity index (χ0n) is 7.20. The first kappa shape index (κ1) is 9.51. The first-order chi connectivity index (χ1) is 6.09. The molecule has 0 saturated carbocycles. The maximum Gasteiger partial charge on any atom is 0.303 e. The number of hydrogen-bond donors (Lipinski definition) is 0. The van der Waals surface area contributed by atoms with Crippen LogP contribution in [0.25, 0.3) is 0 Å². The van der Waals surface area contributed by atoms with Crippen molar-refractivity contribution in [2.75, 3.05) is 0 Å². The molecule has 1 radical (unpaired) electrons. The molecule has 1 aromatic rings. The molecule has 1 aromatic heterocycles. The number of carbonyl (C=O) groups excluding carboxylic acids is 2. The van der Waals surface area contributed by atoms with Crippen LogP contribution in [-0.4, -0.2) is 11.8 Å². The van der Waals surface area contributed by atoms with Gasteiger partial charge in [0, 0.05) is 13.8 Å². The highest BCUT2D eigenvalue weighted by atomic mass is 16.5. The third kappa shape index (κ3) is 2.74. The second kappa shape index (κ2) is 3.89. The lowest BCUT2D eigenvalue weighted by molar-refractivity contribution is -0.142. The Morgan fingerprint density at radius 2 is 2.23 bits per heavy atom. The van der Waals surface area contributed by atoms with Crippen molar-refractivity contribution < 1.29 is 18.7 Å². The second-order valence-electron chi connectivity index (χ2n) is 2.47. The zero-order valence-corrected chi connectivity index (χ0v) is 7.20. The highest BCUT2D eigenvalue weighted by Crippen LogP contribution is 2.09. The Morgan fingerprint density at radius 1 is 1.54 bits per heavy atom. The molecular formula is C9H9O4. The van der Waals surface area contributed by atoms with Crippen LogP contribution in [-0.2, 0) is 16.1 Å². The number of hydrogen-bond acceptors (Lipinski definition) is 4. The van der Waals surface area contributed by atoms with Crippen molar-refractivity contribution in [3.8, 4) is 0 Å². The van der Waals surface area contributed by atoms with Crippen molar-refractivity contribution in [2.24, 2.45) is 0 Å². The van der Waals surface area contributed by atoms with Crippen LogP contribution in [0.15, 0.2) is 16.5 Å². The highest BCUT2D eigenvalue weighted by Gasteiger charge is 2.06. The molecule has 1 rings (SSSR count). The van der Waals surface area contributed by atoms with E-state index in [-0.39, 0.29) is 18.3 Å². The largest absolute Gasteiger partial charge is 0.458 e. The molecule has 0 spiro atoms. The Balaban J connectivity index is 2.59. The summed E-state index contributed by atoms with van der Waals surface area (Å²) < 4.78 is 9.66. The molecule has 4 heteroatoms. The minimum absolute atomic E-state index is 0.0443. The zero-order chi connectivity index (χ0) is 9.84. The van der Waals surface area contributed by atoms with E-state index in [9.17, 15) is 9.59 Å².